The minimum Gasteiger partial charge on any atom is -0.312 e. The molecule has 1 nitrogen and oxygen atoms in total. The van der Waals surface area contributed by atoms with Gasteiger partial charge in [0.2, 0.25) is 0 Å². The first-order chi connectivity index (χ1) is 7.40. The lowest BCUT2D eigenvalue weighted by molar-refractivity contribution is 0.420. The highest BCUT2D eigenvalue weighted by Crippen LogP contribution is 2.13. The fourth-order valence-corrected chi connectivity index (χ4v) is 1.48. The quantitative estimate of drug-likeness (QED) is 0.778. The standard InChI is InChI=1S/C13H19F2N/c1-13(2,3)16-9-5-7-10-6-4-8-11(14)12(10)15/h4,6,8,16H,5,7,9H2,1-3H3. The molecule has 0 heterocycles. The molecule has 1 aromatic rings. The van der Waals surface area contributed by atoms with Crippen molar-refractivity contribution in [1.82, 2.24) is 5.32 Å². The van der Waals surface area contributed by atoms with Crippen molar-refractivity contribution in [2.45, 2.75) is 39.2 Å². The monoisotopic (exact) mass is 227 g/mol. The zero-order chi connectivity index (χ0) is 12.2. The van der Waals surface area contributed by atoms with E-state index in [0.29, 0.717) is 12.0 Å². The van der Waals surface area contributed by atoms with E-state index in [1.807, 2.05) is 0 Å². The van der Waals surface area contributed by atoms with Gasteiger partial charge in [0, 0.05) is 5.54 Å². The molecule has 0 aliphatic carbocycles. The molecule has 0 amide bonds. The van der Waals surface area contributed by atoms with E-state index in [1.165, 1.54) is 0 Å². The van der Waals surface area contributed by atoms with Crippen molar-refractivity contribution >= 4 is 0 Å². The van der Waals surface area contributed by atoms with Crippen LogP contribution in [0.2, 0.25) is 0 Å². The first-order valence-corrected chi connectivity index (χ1v) is 5.58. The van der Waals surface area contributed by atoms with Gasteiger partial charge in [-0.15, -0.1) is 0 Å². The Kier molecular flexibility index (Phi) is 4.42. The third kappa shape index (κ3) is 4.27. The summed E-state index contributed by atoms with van der Waals surface area (Å²) in [5.74, 6) is -1.47. The van der Waals surface area contributed by atoms with Crippen LogP contribution in [0, 0.1) is 11.6 Å². The number of rotatable bonds is 4. The second-order valence-electron chi connectivity index (χ2n) is 4.99. The van der Waals surface area contributed by atoms with Gasteiger partial charge >= 0.3 is 0 Å². The van der Waals surface area contributed by atoms with E-state index in [4.69, 9.17) is 0 Å². The van der Waals surface area contributed by atoms with Crippen LogP contribution in [0.4, 0.5) is 8.78 Å². The molecule has 0 aromatic heterocycles. The summed E-state index contributed by atoms with van der Waals surface area (Å²) in [7, 11) is 0. The summed E-state index contributed by atoms with van der Waals surface area (Å²) in [5.41, 5.74) is 0.524. The molecular formula is C13H19F2N. The predicted octanol–water partition coefficient (Wildman–Crippen LogP) is 3.29. The Bertz CT molecular complexity index is 342. The highest BCUT2D eigenvalue weighted by atomic mass is 19.2. The summed E-state index contributed by atoms with van der Waals surface area (Å²) < 4.78 is 26.2. The Morgan fingerprint density at radius 2 is 1.88 bits per heavy atom. The van der Waals surface area contributed by atoms with Gasteiger partial charge in [-0.2, -0.15) is 0 Å². The Hall–Kier alpha value is -0.960. The van der Waals surface area contributed by atoms with E-state index in [1.54, 1.807) is 12.1 Å². The maximum absolute atomic E-state index is 13.3. The Morgan fingerprint density at radius 1 is 1.19 bits per heavy atom. The summed E-state index contributed by atoms with van der Waals surface area (Å²) in [6.45, 7) is 7.04. The van der Waals surface area contributed by atoms with Gasteiger partial charge in [-0.3, -0.25) is 0 Å². The summed E-state index contributed by atoms with van der Waals surface area (Å²) in [6, 6.07) is 4.33. The molecule has 0 unspecified atom stereocenters. The van der Waals surface area contributed by atoms with E-state index in [-0.39, 0.29) is 5.54 Å². The van der Waals surface area contributed by atoms with Crippen molar-refractivity contribution in [3.8, 4) is 0 Å². The molecule has 0 saturated carbocycles. The predicted molar refractivity (Wildman–Crippen MR) is 62.4 cm³/mol. The number of hydrogen-bond acceptors (Lipinski definition) is 1. The highest BCUT2D eigenvalue weighted by Gasteiger charge is 2.09. The van der Waals surface area contributed by atoms with Crippen molar-refractivity contribution in [3.63, 3.8) is 0 Å². The Balaban J connectivity index is 2.41. The average molecular weight is 227 g/mol. The fourth-order valence-electron chi connectivity index (χ4n) is 1.48. The van der Waals surface area contributed by atoms with E-state index in [0.717, 1.165) is 19.0 Å². The van der Waals surface area contributed by atoms with Crippen LogP contribution in [0.5, 0.6) is 0 Å². The lowest BCUT2D eigenvalue weighted by Gasteiger charge is -2.20. The van der Waals surface area contributed by atoms with Crippen LogP contribution < -0.4 is 5.32 Å². The number of aryl methyl sites for hydroxylation is 1. The van der Waals surface area contributed by atoms with E-state index in [9.17, 15) is 8.78 Å². The fraction of sp³-hybridized carbons (Fsp3) is 0.538. The number of hydrogen-bond donors (Lipinski definition) is 1. The molecule has 1 N–H and O–H groups in total. The highest BCUT2D eigenvalue weighted by molar-refractivity contribution is 5.18. The molecule has 0 fully saturated rings. The largest absolute Gasteiger partial charge is 0.312 e. The van der Waals surface area contributed by atoms with Crippen LogP contribution in [0.1, 0.15) is 32.8 Å². The van der Waals surface area contributed by atoms with Crippen molar-refractivity contribution < 1.29 is 8.78 Å². The second kappa shape index (κ2) is 5.39. The van der Waals surface area contributed by atoms with E-state index >= 15 is 0 Å². The van der Waals surface area contributed by atoms with Crippen molar-refractivity contribution in [3.05, 3.63) is 35.4 Å². The van der Waals surface area contributed by atoms with Gasteiger partial charge in [0.05, 0.1) is 0 Å². The molecule has 1 aromatic carbocycles. The summed E-state index contributed by atoms with van der Waals surface area (Å²) in [5, 5.41) is 3.31. The molecule has 16 heavy (non-hydrogen) atoms. The molecule has 90 valence electrons. The molecule has 0 spiro atoms. The van der Waals surface area contributed by atoms with Gasteiger partial charge in [0.15, 0.2) is 11.6 Å². The van der Waals surface area contributed by atoms with Crippen molar-refractivity contribution in [1.29, 1.82) is 0 Å². The van der Waals surface area contributed by atoms with Crippen LogP contribution >= 0.6 is 0 Å². The van der Waals surface area contributed by atoms with Gasteiger partial charge in [0.25, 0.3) is 0 Å². The van der Waals surface area contributed by atoms with Crippen LogP contribution in [0.15, 0.2) is 18.2 Å². The first kappa shape index (κ1) is 13.1. The number of nitrogens with one attached hydrogen (secondary N) is 1. The smallest absolute Gasteiger partial charge is 0.162 e. The van der Waals surface area contributed by atoms with Crippen molar-refractivity contribution in [2.75, 3.05) is 6.54 Å². The minimum absolute atomic E-state index is 0.0699. The summed E-state index contributed by atoms with van der Waals surface area (Å²) >= 11 is 0. The Labute approximate surface area is 95.9 Å². The zero-order valence-corrected chi connectivity index (χ0v) is 10.1. The molecule has 0 aliphatic heterocycles. The van der Waals surface area contributed by atoms with Crippen LogP contribution in [0.25, 0.3) is 0 Å². The molecular weight excluding hydrogens is 208 g/mol. The normalized spacial score (nSPS) is 11.8. The van der Waals surface area contributed by atoms with Crippen LogP contribution in [0.3, 0.4) is 0 Å². The molecule has 0 saturated heterocycles. The molecule has 3 heteroatoms. The summed E-state index contributed by atoms with van der Waals surface area (Å²) in [4.78, 5) is 0. The first-order valence-electron chi connectivity index (χ1n) is 5.58. The van der Waals surface area contributed by atoms with Gasteiger partial charge < -0.3 is 5.32 Å². The van der Waals surface area contributed by atoms with Crippen LogP contribution in [-0.4, -0.2) is 12.1 Å². The molecule has 0 radical (unpaired) electrons. The Morgan fingerprint density at radius 3 is 2.50 bits per heavy atom. The molecule has 0 atom stereocenters. The summed E-state index contributed by atoms with van der Waals surface area (Å²) in [6.07, 6.45) is 1.37. The van der Waals surface area contributed by atoms with Gasteiger partial charge in [-0.1, -0.05) is 12.1 Å². The molecule has 0 aliphatic rings. The molecule has 1 rings (SSSR count). The van der Waals surface area contributed by atoms with E-state index < -0.39 is 11.6 Å². The number of benzene rings is 1. The average Bonchev–Trinajstić information content (AvgIpc) is 2.17. The third-order valence-corrected chi connectivity index (χ3v) is 2.31. The van der Waals surface area contributed by atoms with Gasteiger partial charge in [-0.25, -0.2) is 8.78 Å². The maximum atomic E-state index is 13.3. The third-order valence-electron chi connectivity index (χ3n) is 2.31. The van der Waals surface area contributed by atoms with Gasteiger partial charge in [-0.05, 0) is 51.8 Å². The maximum Gasteiger partial charge on any atom is 0.162 e. The van der Waals surface area contributed by atoms with Crippen LogP contribution in [-0.2, 0) is 6.42 Å². The van der Waals surface area contributed by atoms with E-state index in [2.05, 4.69) is 26.1 Å². The molecule has 0 bridgehead atoms. The van der Waals surface area contributed by atoms with Gasteiger partial charge in [0.1, 0.15) is 0 Å². The topological polar surface area (TPSA) is 12.0 Å². The lowest BCUT2D eigenvalue weighted by Crippen LogP contribution is -2.36. The SMILES string of the molecule is CC(C)(C)NCCCc1cccc(F)c1F. The second-order valence-corrected chi connectivity index (χ2v) is 4.99. The van der Waals surface area contributed by atoms with Crippen molar-refractivity contribution in [2.24, 2.45) is 0 Å². The number of halogens is 2. The minimum atomic E-state index is -0.763. The zero-order valence-electron chi connectivity index (χ0n) is 10.1. The lowest BCUT2D eigenvalue weighted by atomic mass is 10.1.